The van der Waals surface area contributed by atoms with Crippen LogP contribution in [0.2, 0.25) is 10.0 Å². The van der Waals surface area contributed by atoms with E-state index in [2.05, 4.69) is 0 Å². The van der Waals surface area contributed by atoms with E-state index < -0.39 is 10.0 Å². The maximum Gasteiger partial charge on any atom is 0.243 e. The molecule has 0 aliphatic heterocycles. The molecule has 0 atom stereocenters. The molecule has 1 aromatic rings. The summed E-state index contributed by atoms with van der Waals surface area (Å²) in [5.41, 5.74) is 0. The van der Waals surface area contributed by atoms with Crippen LogP contribution in [0.5, 0.6) is 0 Å². The number of alkyl halides is 1. The zero-order chi connectivity index (χ0) is 13.9. The van der Waals surface area contributed by atoms with Crippen LogP contribution in [0.15, 0.2) is 23.1 Å². The van der Waals surface area contributed by atoms with Gasteiger partial charge in [0.25, 0.3) is 0 Å². The van der Waals surface area contributed by atoms with Gasteiger partial charge in [0.1, 0.15) is 0 Å². The van der Waals surface area contributed by atoms with Crippen molar-refractivity contribution in [1.82, 2.24) is 4.31 Å². The first kappa shape index (κ1) is 16.1. The van der Waals surface area contributed by atoms with Crippen LogP contribution in [0.25, 0.3) is 0 Å². The monoisotopic (exact) mass is 329 g/mol. The fraction of sp³-hybridized carbons (Fsp3) is 0.455. The lowest BCUT2D eigenvalue weighted by molar-refractivity contribution is 0.370. The minimum absolute atomic E-state index is 0.121. The van der Waals surface area contributed by atoms with Gasteiger partial charge in [-0.3, -0.25) is 0 Å². The zero-order valence-corrected chi connectivity index (χ0v) is 13.1. The molecule has 7 heteroatoms. The second-order valence-corrected chi connectivity index (χ2v) is 7.06. The molecule has 18 heavy (non-hydrogen) atoms. The van der Waals surface area contributed by atoms with Gasteiger partial charge >= 0.3 is 0 Å². The first-order valence-corrected chi connectivity index (χ1v) is 8.06. The van der Waals surface area contributed by atoms with Crippen molar-refractivity contribution >= 4 is 44.8 Å². The second kappa shape index (κ2) is 6.44. The smallest absolute Gasteiger partial charge is 0.207 e. The Morgan fingerprint density at radius 1 is 1.22 bits per heavy atom. The van der Waals surface area contributed by atoms with Crippen molar-refractivity contribution in [3.05, 3.63) is 28.2 Å². The van der Waals surface area contributed by atoms with Crippen molar-refractivity contribution in [2.45, 2.75) is 24.8 Å². The van der Waals surface area contributed by atoms with Gasteiger partial charge < -0.3 is 0 Å². The van der Waals surface area contributed by atoms with Gasteiger partial charge in [-0.25, -0.2) is 8.42 Å². The van der Waals surface area contributed by atoms with Crippen LogP contribution in [-0.2, 0) is 10.0 Å². The molecule has 0 bridgehead atoms. The Labute approximate surface area is 123 Å². The zero-order valence-electron chi connectivity index (χ0n) is 10.0. The fourth-order valence-corrected chi connectivity index (χ4v) is 3.82. The molecule has 1 aromatic carbocycles. The van der Waals surface area contributed by atoms with Gasteiger partial charge in [0.2, 0.25) is 10.0 Å². The summed E-state index contributed by atoms with van der Waals surface area (Å²) >= 11 is 17.2. The minimum Gasteiger partial charge on any atom is -0.207 e. The highest BCUT2D eigenvalue weighted by Crippen LogP contribution is 2.27. The van der Waals surface area contributed by atoms with Crippen LogP contribution in [0, 0.1) is 0 Å². The summed E-state index contributed by atoms with van der Waals surface area (Å²) in [7, 11) is -3.60. The molecular weight excluding hydrogens is 317 g/mol. The highest BCUT2D eigenvalue weighted by Gasteiger charge is 2.26. The van der Waals surface area contributed by atoms with Crippen LogP contribution in [0.3, 0.4) is 0 Å². The van der Waals surface area contributed by atoms with E-state index in [1.807, 2.05) is 0 Å². The number of hydrogen-bond donors (Lipinski definition) is 0. The standard InChI is InChI=1S/C11H14Cl3NO2S/c1-8(2)15(6-5-12)18(16,17)9-3-4-10(13)11(14)7-9/h3-4,7-8H,5-6H2,1-2H3. The third-order valence-electron chi connectivity index (χ3n) is 2.38. The van der Waals surface area contributed by atoms with Gasteiger partial charge in [0, 0.05) is 18.5 Å². The van der Waals surface area contributed by atoms with Crippen molar-refractivity contribution in [3.63, 3.8) is 0 Å². The third kappa shape index (κ3) is 3.52. The summed E-state index contributed by atoms with van der Waals surface area (Å²) < 4.78 is 26.1. The van der Waals surface area contributed by atoms with E-state index >= 15 is 0 Å². The molecule has 0 aliphatic rings. The Bertz CT molecular complexity index is 517. The minimum atomic E-state index is -3.60. The summed E-state index contributed by atoms with van der Waals surface area (Å²) in [5.74, 6) is 0.235. The highest BCUT2D eigenvalue weighted by molar-refractivity contribution is 7.89. The molecule has 0 aromatic heterocycles. The molecule has 0 amide bonds. The molecule has 0 radical (unpaired) electrons. The highest BCUT2D eigenvalue weighted by atomic mass is 35.5. The van der Waals surface area contributed by atoms with E-state index in [0.717, 1.165) is 0 Å². The Morgan fingerprint density at radius 3 is 2.28 bits per heavy atom. The Balaban J connectivity index is 3.22. The topological polar surface area (TPSA) is 37.4 Å². The average Bonchev–Trinajstić information content (AvgIpc) is 2.28. The Hall–Kier alpha value is -0.000000000000000111. The number of sulfonamides is 1. The van der Waals surface area contributed by atoms with Crippen molar-refractivity contribution in [2.24, 2.45) is 0 Å². The average molecular weight is 331 g/mol. The first-order chi connectivity index (χ1) is 8.30. The van der Waals surface area contributed by atoms with Crippen molar-refractivity contribution in [2.75, 3.05) is 12.4 Å². The Morgan fingerprint density at radius 2 is 1.83 bits per heavy atom. The predicted molar refractivity (Wildman–Crippen MR) is 76.2 cm³/mol. The van der Waals surface area contributed by atoms with Gasteiger partial charge in [-0.05, 0) is 32.0 Å². The van der Waals surface area contributed by atoms with Crippen LogP contribution in [0.4, 0.5) is 0 Å². The molecule has 0 N–H and O–H groups in total. The van der Waals surface area contributed by atoms with Gasteiger partial charge in [0.05, 0.1) is 14.9 Å². The molecule has 0 aliphatic carbocycles. The maximum absolute atomic E-state index is 12.4. The second-order valence-electron chi connectivity index (χ2n) is 3.97. The summed E-state index contributed by atoms with van der Waals surface area (Å²) in [4.78, 5) is 0.121. The molecule has 0 saturated carbocycles. The first-order valence-electron chi connectivity index (χ1n) is 5.33. The van der Waals surface area contributed by atoms with Crippen LogP contribution in [-0.4, -0.2) is 31.2 Å². The van der Waals surface area contributed by atoms with E-state index in [1.165, 1.54) is 22.5 Å². The summed E-state index contributed by atoms with van der Waals surface area (Å²) in [6.07, 6.45) is 0. The molecular formula is C11H14Cl3NO2S. The van der Waals surface area contributed by atoms with Crippen LogP contribution >= 0.6 is 34.8 Å². The van der Waals surface area contributed by atoms with Crippen LogP contribution < -0.4 is 0 Å². The number of benzene rings is 1. The molecule has 0 heterocycles. The fourth-order valence-electron chi connectivity index (χ4n) is 1.51. The quantitative estimate of drug-likeness (QED) is 0.773. The van der Waals surface area contributed by atoms with Gasteiger partial charge in [-0.15, -0.1) is 11.6 Å². The maximum atomic E-state index is 12.4. The number of hydrogen-bond acceptors (Lipinski definition) is 2. The molecule has 0 fully saturated rings. The molecule has 0 unspecified atom stereocenters. The molecule has 102 valence electrons. The lowest BCUT2D eigenvalue weighted by atomic mass is 10.4. The van der Waals surface area contributed by atoms with E-state index in [9.17, 15) is 8.42 Å². The Kier molecular flexibility index (Phi) is 5.74. The molecule has 0 spiro atoms. The molecule has 3 nitrogen and oxygen atoms in total. The molecule has 1 rings (SSSR count). The molecule has 0 saturated heterocycles. The SMILES string of the molecule is CC(C)N(CCCl)S(=O)(=O)c1ccc(Cl)c(Cl)c1. The third-order valence-corrected chi connectivity index (χ3v) is 5.36. The van der Waals surface area contributed by atoms with E-state index in [0.29, 0.717) is 5.02 Å². The number of nitrogens with zero attached hydrogens (tertiary/aromatic N) is 1. The summed E-state index contributed by atoms with van der Waals surface area (Å²) in [6.45, 7) is 3.84. The van der Waals surface area contributed by atoms with Gasteiger partial charge in [-0.2, -0.15) is 4.31 Å². The van der Waals surface area contributed by atoms with Crippen molar-refractivity contribution in [3.8, 4) is 0 Å². The van der Waals surface area contributed by atoms with Gasteiger partial charge in [-0.1, -0.05) is 23.2 Å². The summed E-state index contributed by atoms with van der Waals surface area (Å²) in [5, 5.41) is 0.538. The van der Waals surface area contributed by atoms with Crippen molar-refractivity contribution < 1.29 is 8.42 Å². The van der Waals surface area contributed by atoms with Crippen LogP contribution in [0.1, 0.15) is 13.8 Å². The van der Waals surface area contributed by atoms with E-state index in [4.69, 9.17) is 34.8 Å². The largest absolute Gasteiger partial charge is 0.243 e. The lowest BCUT2D eigenvalue weighted by Crippen LogP contribution is -2.38. The lowest BCUT2D eigenvalue weighted by Gasteiger charge is -2.25. The summed E-state index contributed by atoms with van der Waals surface area (Å²) in [6, 6.07) is 4.08. The van der Waals surface area contributed by atoms with E-state index in [1.54, 1.807) is 13.8 Å². The number of rotatable bonds is 5. The van der Waals surface area contributed by atoms with Gasteiger partial charge in [0.15, 0.2) is 0 Å². The normalized spacial score (nSPS) is 12.4. The van der Waals surface area contributed by atoms with Crippen molar-refractivity contribution in [1.29, 1.82) is 0 Å². The predicted octanol–water partition coefficient (Wildman–Crippen LogP) is 3.63. The number of halogens is 3. The van der Waals surface area contributed by atoms with E-state index in [-0.39, 0.29) is 28.4 Å².